The number of hydrogen-bond acceptors (Lipinski definition) is 6. The number of carbonyl (C=O) groups is 1. The summed E-state index contributed by atoms with van der Waals surface area (Å²) in [5.74, 6) is 0.0860. The van der Waals surface area contributed by atoms with Crippen molar-refractivity contribution >= 4 is 41.0 Å². The number of pyridine rings is 1. The van der Waals surface area contributed by atoms with Crippen LogP contribution in [0.25, 0.3) is 6.08 Å². The predicted octanol–water partition coefficient (Wildman–Crippen LogP) is 5.26. The van der Waals surface area contributed by atoms with Crippen molar-refractivity contribution in [3.63, 3.8) is 0 Å². The van der Waals surface area contributed by atoms with E-state index in [9.17, 15) is 9.90 Å². The Morgan fingerprint density at radius 1 is 1.20 bits per heavy atom. The first-order valence-electron chi connectivity index (χ1n) is 9.68. The van der Waals surface area contributed by atoms with Crippen LogP contribution in [0, 0.1) is 0 Å². The molecule has 2 aromatic heterocycles. The zero-order chi connectivity index (χ0) is 21.4. The molecule has 156 valence electrons. The summed E-state index contributed by atoms with van der Waals surface area (Å²) in [6.45, 7) is 4.90. The van der Waals surface area contributed by atoms with Crippen LogP contribution in [-0.2, 0) is 11.2 Å². The monoisotopic (exact) mass is 439 g/mol. The standard InChI is InChI=1S/C23H25N3O2S2/c1-23(2,21(27)28)30-22-25-19(17-29-22)13-16-26(20-12-6-7-14-24-20)15-8-11-18-9-4-3-5-10-18/h3-12,14,17H,13,15-16H2,1-2H3,(H,27,28)/b11-8+. The van der Waals surface area contributed by atoms with Crippen molar-refractivity contribution in [2.45, 2.75) is 29.4 Å². The van der Waals surface area contributed by atoms with E-state index >= 15 is 0 Å². The lowest BCUT2D eigenvalue weighted by Gasteiger charge is -2.21. The van der Waals surface area contributed by atoms with Crippen LogP contribution in [0.15, 0.2) is 70.5 Å². The molecule has 0 aliphatic heterocycles. The maximum Gasteiger partial charge on any atom is 0.319 e. The van der Waals surface area contributed by atoms with E-state index in [1.165, 1.54) is 28.7 Å². The Morgan fingerprint density at radius 3 is 2.67 bits per heavy atom. The smallest absolute Gasteiger partial charge is 0.319 e. The Kier molecular flexibility index (Phi) is 7.65. The Bertz CT molecular complexity index is 972. The van der Waals surface area contributed by atoms with Gasteiger partial charge in [-0.25, -0.2) is 9.97 Å². The van der Waals surface area contributed by atoms with Gasteiger partial charge in [-0.1, -0.05) is 60.3 Å². The highest BCUT2D eigenvalue weighted by Gasteiger charge is 2.29. The Morgan fingerprint density at radius 2 is 1.97 bits per heavy atom. The molecular formula is C23H25N3O2S2. The third kappa shape index (κ3) is 6.43. The average Bonchev–Trinajstić information content (AvgIpc) is 3.18. The Hall–Kier alpha value is -2.64. The Balaban J connectivity index is 1.64. The second-order valence-corrected chi connectivity index (χ2v) is 9.95. The zero-order valence-electron chi connectivity index (χ0n) is 17.1. The number of benzene rings is 1. The molecule has 7 heteroatoms. The summed E-state index contributed by atoms with van der Waals surface area (Å²) in [6, 6.07) is 16.1. The lowest BCUT2D eigenvalue weighted by atomic mass is 10.2. The highest BCUT2D eigenvalue weighted by Crippen LogP contribution is 2.34. The molecule has 0 fully saturated rings. The maximum absolute atomic E-state index is 11.3. The number of thioether (sulfide) groups is 1. The lowest BCUT2D eigenvalue weighted by molar-refractivity contribution is -0.138. The summed E-state index contributed by atoms with van der Waals surface area (Å²) in [5, 5.41) is 11.3. The second kappa shape index (κ2) is 10.4. The van der Waals surface area contributed by atoms with Crippen molar-refractivity contribution in [3.8, 4) is 0 Å². The van der Waals surface area contributed by atoms with Gasteiger partial charge in [-0.15, -0.1) is 11.3 Å². The first-order chi connectivity index (χ1) is 14.4. The molecule has 5 nitrogen and oxygen atoms in total. The lowest BCUT2D eigenvalue weighted by Crippen LogP contribution is -2.27. The van der Waals surface area contributed by atoms with Gasteiger partial charge in [-0.3, -0.25) is 4.79 Å². The van der Waals surface area contributed by atoms with Gasteiger partial charge in [0.1, 0.15) is 10.6 Å². The summed E-state index contributed by atoms with van der Waals surface area (Å²) in [4.78, 5) is 22.7. The number of nitrogens with zero attached hydrogens (tertiary/aromatic N) is 3. The molecule has 0 bridgehead atoms. The number of rotatable bonds is 10. The minimum absolute atomic E-state index is 0.740. The van der Waals surface area contributed by atoms with Crippen LogP contribution < -0.4 is 4.90 Å². The van der Waals surface area contributed by atoms with E-state index in [2.05, 4.69) is 39.2 Å². The average molecular weight is 440 g/mol. The minimum Gasteiger partial charge on any atom is -0.480 e. The molecule has 0 saturated heterocycles. The molecule has 0 atom stereocenters. The molecule has 0 unspecified atom stereocenters. The minimum atomic E-state index is -0.892. The zero-order valence-corrected chi connectivity index (χ0v) is 18.7. The summed E-state index contributed by atoms with van der Waals surface area (Å²) >= 11 is 2.78. The van der Waals surface area contributed by atoms with Gasteiger partial charge < -0.3 is 10.0 Å². The fourth-order valence-electron chi connectivity index (χ4n) is 2.68. The summed E-state index contributed by atoms with van der Waals surface area (Å²) in [7, 11) is 0. The van der Waals surface area contributed by atoms with E-state index in [0.717, 1.165) is 35.4 Å². The van der Waals surface area contributed by atoms with Crippen molar-refractivity contribution in [3.05, 3.63) is 77.4 Å². The molecule has 0 aliphatic carbocycles. The molecular weight excluding hydrogens is 414 g/mol. The normalized spacial score (nSPS) is 11.7. The van der Waals surface area contributed by atoms with E-state index in [0.29, 0.717) is 0 Å². The molecule has 30 heavy (non-hydrogen) atoms. The van der Waals surface area contributed by atoms with Crippen LogP contribution in [-0.4, -0.2) is 38.9 Å². The van der Waals surface area contributed by atoms with Crippen LogP contribution >= 0.6 is 23.1 Å². The van der Waals surface area contributed by atoms with E-state index in [-0.39, 0.29) is 0 Å². The number of anilines is 1. The SMILES string of the molecule is CC(C)(Sc1nc(CCN(C/C=C/c2ccccc2)c2ccccn2)cs1)C(=O)O. The van der Waals surface area contributed by atoms with Gasteiger partial charge in [0.25, 0.3) is 0 Å². The number of carboxylic acids is 1. The molecule has 3 aromatic rings. The number of aromatic nitrogens is 2. The third-order valence-electron chi connectivity index (χ3n) is 4.43. The van der Waals surface area contributed by atoms with Gasteiger partial charge in [0.05, 0.1) is 5.69 Å². The van der Waals surface area contributed by atoms with Crippen LogP contribution in [0.5, 0.6) is 0 Å². The highest BCUT2D eigenvalue weighted by molar-refractivity contribution is 8.02. The van der Waals surface area contributed by atoms with E-state index in [4.69, 9.17) is 0 Å². The van der Waals surface area contributed by atoms with Gasteiger partial charge in [-0.2, -0.15) is 0 Å². The van der Waals surface area contributed by atoms with E-state index in [1.54, 1.807) is 20.0 Å². The summed E-state index contributed by atoms with van der Waals surface area (Å²) < 4.78 is -0.108. The predicted molar refractivity (Wildman–Crippen MR) is 125 cm³/mol. The van der Waals surface area contributed by atoms with E-state index in [1.807, 2.05) is 41.8 Å². The number of carboxylic acid groups (broad SMARTS) is 1. The molecule has 0 amide bonds. The molecule has 0 spiro atoms. The van der Waals surface area contributed by atoms with Gasteiger partial charge >= 0.3 is 5.97 Å². The first-order valence-corrected chi connectivity index (χ1v) is 11.4. The topological polar surface area (TPSA) is 66.3 Å². The summed E-state index contributed by atoms with van der Waals surface area (Å²) in [6.07, 6.45) is 6.82. The molecule has 2 heterocycles. The fraction of sp³-hybridized carbons (Fsp3) is 0.261. The van der Waals surface area contributed by atoms with Crippen LogP contribution in [0.2, 0.25) is 0 Å². The molecule has 1 N–H and O–H groups in total. The summed E-state index contributed by atoms with van der Waals surface area (Å²) in [5.41, 5.74) is 2.14. The van der Waals surface area contributed by atoms with Crippen molar-refractivity contribution in [1.29, 1.82) is 0 Å². The highest BCUT2D eigenvalue weighted by atomic mass is 32.2. The Labute approximate surface area is 185 Å². The number of aliphatic carboxylic acids is 1. The van der Waals surface area contributed by atoms with Crippen molar-refractivity contribution in [2.24, 2.45) is 0 Å². The molecule has 0 radical (unpaired) electrons. The molecule has 3 rings (SSSR count). The van der Waals surface area contributed by atoms with Gasteiger partial charge in [-0.05, 0) is 31.5 Å². The quantitative estimate of drug-likeness (QED) is 0.435. The van der Waals surface area contributed by atoms with Gasteiger partial charge in [0.15, 0.2) is 4.34 Å². The van der Waals surface area contributed by atoms with Gasteiger partial charge in [0.2, 0.25) is 0 Å². The van der Waals surface area contributed by atoms with Crippen LogP contribution in [0.4, 0.5) is 5.82 Å². The van der Waals surface area contributed by atoms with Gasteiger partial charge in [0, 0.05) is 31.1 Å². The largest absolute Gasteiger partial charge is 0.480 e. The first kappa shape index (κ1) is 22.1. The third-order valence-corrected chi connectivity index (χ3v) is 6.61. The van der Waals surface area contributed by atoms with Crippen LogP contribution in [0.1, 0.15) is 25.1 Å². The van der Waals surface area contributed by atoms with Crippen molar-refractivity contribution < 1.29 is 9.90 Å². The van der Waals surface area contributed by atoms with Crippen molar-refractivity contribution in [1.82, 2.24) is 9.97 Å². The molecule has 1 aromatic carbocycles. The second-order valence-electron chi connectivity index (χ2n) is 7.22. The van der Waals surface area contributed by atoms with E-state index < -0.39 is 10.7 Å². The fourth-order valence-corrected chi connectivity index (χ4v) is 4.91. The number of thiazole rings is 1. The van der Waals surface area contributed by atoms with Crippen molar-refractivity contribution in [2.75, 3.05) is 18.0 Å². The van der Waals surface area contributed by atoms with Crippen LogP contribution in [0.3, 0.4) is 0 Å². The number of hydrogen-bond donors (Lipinski definition) is 1. The maximum atomic E-state index is 11.3. The molecule has 0 aliphatic rings. The molecule has 0 saturated carbocycles.